The lowest BCUT2D eigenvalue weighted by molar-refractivity contribution is 0.483. The molecule has 5 aromatic rings. The van der Waals surface area contributed by atoms with Crippen molar-refractivity contribution in [2.75, 3.05) is 0 Å². The number of ether oxygens (including phenoxy) is 1. The number of hydrogen-bond donors (Lipinski definition) is 0. The van der Waals surface area contributed by atoms with Gasteiger partial charge in [-0.1, -0.05) is 67.9 Å². The minimum atomic E-state index is 0.491. The van der Waals surface area contributed by atoms with E-state index < -0.39 is 0 Å². The van der Waals surface area contributed by atoms with Gasteiger partial charge < -0.3 is 9.15 Å². The minimum absolute atomic E-state index is 0.491. The first kappa shape index (κ1) is 21.7. The van der Waals surface area contributed by atoms with E-state index in [1.165, 1.54) is 11.1 Å². The van der Waals surface area contributed by atoms with Crippen LogP contribution in [0.15, 0.2) is 113 Å². The van der Waals surface area contributed by atoms with E-state index in [0.717, 1.165) is 44.8 Å². The van der Waals surface area contributed by atoms with Crippen LogP contribution in [0.2, 0.25) is 0 Å². The number of benzene rings is 4. The maximum Gasteiger partial charge on any atom is 0.136 e. The Labute approximate surface area is 200 Å². The van der Waals surface area contributed by atoms with Crippen LogP contribution in [-0.2, 0) is 0 Å². The normalized spacial score (nSPS) is 11.8. The van der Waals surface area contributed by atoms with Crippen LogP contribution in [0.5, 0.6) is 11.5 Å². The molecule has 0 atom stereocenters. The van der Waals surface area contributed by atoms with Gasteiger partial charge in [0.25, 0.3) is 0 Å². The van der Waals surface area contributed by atoms with Crippen LogP contribution in [0.25, 0.3) is 22.3 Å². The topological polar surface area (TPSA) is 34.7 Å². The van der Waals surface area contributed by atoms with Gasteiger partial charge in [-0.3, -0.25) is 0 Å². The van der Waals surface area contributed by atoms with Crippen LogP contribution in [0, 0.1) is 6.92 Å². The van der Waals surface area contributed by atoms with Crippen molar-refractivity contribution in [2.24, 2.45) is 4.99 Å². The van der Waals surface area contributed by atoms with E-state index in [9.17, 15) is 0 Å². The van der Waals surface area contributed by atoms with Gasteiger partial charge in [-0.25, -0.2) is 4.99 Å². The summed E-state index contributed by atoms with van der Waals surface area (Å²) < 4.78 is 12.2. The molecule has 0 aliphatic carbocycles. The third-order valence-corrected chi connectivity index (χ3v) is 5.83. The number of hydrogen-bond acceptors (Lipinski definition) is 3. The smallest absolute Gasteiger partial charge is 0.136 e. The predicted molar refractivity (Wildman–Crippen MR) is 139 cm³/mol. The quantitative estimate of drug-likeness (QED) is 0.272. The highest BCUT2D eigenvalue weighted by atomic mass is 16.5. The summed E-state index contributed by atoms with van der Waals surface area (Å²) in [7, 11) is 0. The molecule has 0 unspecified atom stereocenters. The zero-order chi connectivity index (χ0) is 23.5. The van der Waals surface area contributed by atoms with Gasteiger partial charge in [0.15, 0.2) is 0 Å². The van der Waals surface area contributed by atoms with Gasteiger partial charge in [0.05, 0.1) is 11.0 Å². The highest BCUT2D eigenvalue weighted by Gasteiger charge is 2.08. The van der Waals surface area contributed by atoms with E-state index in [4.69, 9.17) is 14.1 Å². The minimum Gasteiger partial charge on any atom is -0.457 e. The van der Waals surface area contributed by atoms with Crippen molar-refractivity contribution in [1.82, 2.24) is 0 Å². The average molecular weight is 446 g/mol. The van der Waals surface area contributed by atoms with E-state index in [2.05, 4.69) is 57.2 Å². The summed E-state index contributed by atoms with van der Waals surface area (Å²) in [4.78, 5) is 4.97. The largest absolute Gasteiger partial charge is 0.457 e. The molecule has 0 N–H and O–H groups in total. The first-order chi connectivity index (χ1) is 16.5. The molecule has 1 aromatic heterocycles. The standard InChI is InChI=1S/C31H27NO2/c1-21(2)23-10-12-24(13-11-23)31-20-29(28-19-22(3)9-18-30(28)34-31)32-25-14-16-27(17-15-25)33-26-7-5-4-6-8-26/h4-21H,1-3H3. The number of nitrogens with zero attached hydrogens (tertiary/aromatic N) is 1. The van der Waals surface area contributed by atoms with Gasteiger partial charge in [-0.2, -0.15) is 0 Å². The van der Waals surface area contributed by atoms with Gasteiger partial charge in [0.1, 0.15) is 22.8 Å². The zero-order valence-corrected chi connectivity index (χ0v) is 19.7. The second kappa shape index (κ2) is 9.40. The first-order valence-electron chi connectivity index (χ1n) is 11.6. The molecule has 3 nitrogen and oxygen atoms in total. The zero-order valence-electron chi connectivity index (χ0n) is 19.7. The lowest BCUT2D eigenvalue weighted by Gasteiger charge is -2.09. The molecule has 3 heteroatoms. The summed E-state index contributed by atoms with van der Waals surface area (Å²) in [6, 6.07) is 34.4. The second-order valence-electron chi connectivity index (χ2n) is 8.79. The Hall–Kier alpha value is -4.11. The van der Waals surface area contributed by atoms with Crippen molar-refractivity contribution in [2.45, 2.75) is 26.7 Å². The molecule has 5 rings (SSSR count). The Morgan fingerprint density at radius 1 is 0.735 bits per heavy atom. The molecule has 0 saturated carbocycles. The van der Waals surface area contributed by atoms with Gasteiger partial charge >= 0.3 is 0 Å². The number of fused-ring (bicyclic) bond motifs is 1. The van der Waals surface area contributed by atoms with Crippen LogP contribution in [-0.4, -0.2) is 0 Å². The molecule has 168 valence electrons. The Morgan fingerprint density at radius 3 is 2.15 bits per heavy atom. The highest BCUT2D eigenvalue weighted by molar-refractivity contribution is 5.79. The summed E-state index contributed by atoms with van der Waals surface area (Å²) in [6.07, 6.45) is 0. The highest BCUT2D eigenvalue weighted by Crippen LogP contribution is 2.27. The summed E-state index contributed by atoms with van der Waals surface area (Å²) in [5, 5.41) is 1.87. The van der Waals surface area contributed by atoms with E-state index in [1.54, 1.807) is 0 Å². The fraction of sp³-hybridized carbons (Fsp3) is 0.129. The Bertz CT molecular complexity index is 1480. The maximum absolute atomic E-state index is 6.29. The second-order valence-corrected chi connectivity index (χ2v) is 8.79. The maximum atomic E-state index is 6.29. The average Bonchev–Trinajstić information content (AvgIpc) is 2.86. The molecule has 0 radical (unpaired) electrons. The molecule has 0 bridgehead atoms. The first-order valence-corrected chi connectivity index (χ1v) is 11.6. The van der Waals surface area contributed by atoms with E-state index in [-0.39, 0.29) is 0 Å². The Balaban J connectivity index is 1.55. The molecule has 0 aliphatic rings. The van der Waals surface area contributed by atoms with Crippen LogP contribution >= 0.6 is 0 Å². The fourth-order valence-corrected chi connectivity index (χ4v) is 3.90. The summed E-state index contributed by atoms with van der Waals surface area (Å²) in [5.41, 5.74) is 5.19. The molecule has 4 aromatic carbocycles. The molecule has 0 spiro atoms. The van der Waals surface area contributed by atoms with Crippen LogP contribution in [0.3, 0.4) is 0 Å². The lowest BCUT2D eigenvalue weighted by atomic mass is 10.0. The van der Waals surface area contributed by atoms with Crippen molar-refractivity contribution >= 4 is 16.7 Å². The molecule has 0 amide bonds. The lowest BCUT2D eigenvalue weighted by Crippen LogP contribution is -2.03. The van der Waals surface area contributed by atoms with Crippen LogP contribution < -0.4 is 10.1 Å². The molecule has 1 heterocycles. The van der Waals surface area contributed by atoms with Crippen molar-refractivity contribution < 1.29 is 9.15 Å². The molecular weight excluding hydrogens is 418 g/mol. The Morgan fingerprint density at radius 2 is 1.44 bits per heavy atom. The van der Waals surface area contributed by atoms with Gasteiger partial charge in [-0.05, 0) is 66.9 Å². The number of para-hydroxylation sites is 1. The SMILES string of the molecule is Cc1ccc2oc(-c3ccc(C(C)C)cc3)cc(=Nc3ccc(Oc4ccccc4)cc3)c2c1. The molecular formula is C31H27NO2. The van der Waals surface area contributed by atoms with Gasteiger partial charge in [-0.15, -0.1) is 0 Å². The monoisotopic (exact) mass is 445 g/mol. The summed E-state index contributed by atoms with van der Waals surface area (Å²) in [6.45, 7) is 6.48. The third-order valence-electron chi connectivity index (χ3n) is 5.83. The molecule has 0 fully saturated rings. The third kappa shape index (κ3) is 4.79. The van der Waals surface area contributed by atoms with Crippen LogP contribution in [0.1, 0.15) is 30.9 Å². The van der Waals surface area contributed by atoms with E-state index in [1.807, 2.05) is 66.7 Å². The van der Waals surface area contributed by atoms with Crippen molar-refractivity contribution in [3.05, 3.63) is 120 Å². The van der Waals surface area contributed by atoms with Crippen LogP contribution in [0.4, 0.5) is 5.69 Å². The van der Waals surface area contributed by atoms with E-state index >= 15 is 0 Å². The fourth-order valence-electron chi connectivity index (χ4n) is 3.90. The van der Waals surface area contributed by atoms with Gasteiger partial charge in [0.2, 0.25) is 0 Å². The number of rotatable bonds is 5. The molecule has 0 aliphatic heterocycles. The summed E-state index contributed by atoms with van der Waals surface area (Å²) in [5.74, 6) is 2.88. The van der Waals surface area contributed by atoms with Crippen molar-refractivity contribution in [3.8, 4) is 22.8 Å². The predicted octanol–water partition coefficient (Wildman–Crippen LogP) is 8.56. The Kier molecular flexibility index (Phi) is 6.01. The summed E-state index contributed by atoms with van der Waals surface area (Å²) >= 11 is 0. The van der Waals surface area contributed by atoms with E-state index in [0.29, 0.717) is 5.92 Å². The van der Waals surface area contributed by atoms with Crippen molar-refractivity contribution in [1.29, 1.82) is 0 Å². The number of aryl methyl sites for hydroxylation is 1. The van der Waals surface area contributed by atoms with Crippen molar-refractivity contribution in [3.63, 3.8) is 0 Å². The molecule has 34 heavy (non-hydrogen) atoms. The van der Waals surface area contributed by atoms with Gasteiger partial charge in [0, 0.05) is 17.0 Å². The molecule has 0 saturated heterocycles.